The van der Waals surface area contributed by atoms with Gasteiger partial charge in [-0.2, -0.15) is 5.26 Å². The third-order valence-corrected chi connectivity index (χ3v) is 3.46. The van der Waals surface area contributed by atoms with Crippen molar-refractivity contribution in [1.82, 2.24) is 15.1 Å². The van der Waals surface area contributed by atoms with E-state index in [0.717, 1.165) is 45.7 Å². The van der Waals surface area contributed by atoms with E-state index in [0.29, 0.717) is 0 Å². The molecule has 0 aliphatic carbocycles. The number of hydrogen-bond donors (Lipinski definition) is 1. The van der Waals surface area contributed by atoms with Crippen molar-refractivity contribution in [3.05, 3.63) is 0 Å². The van der Waals surface area contributed by atoms with Crippen LogP contribution in [0, 0.1) is 11.3 Å². The van der Waals surface area contributed by atoms with Gasteiger partial charge >= 0.3 is 0 Å². The molecule has 0 bridgehead atoms. The number of hydrogen-bond acceptors (Lipinski definition) is 4. The molecule has 0 spiro atoms. The van der Waals surface area contributed by atoms with Gasteiger partial charge in [-0.1, -0.05) is 13.8 Å². The third-order valence-electron chi connectivity index (χ3n) is 3.46. The average Bonchev–Trinajstić information content (AvgIpc) is 2.67. The average molecular weight is 224 g/mol. The molecule has 4 nitrogen and oxygen atoms in total. The summed E-state index contributed by atoms with van der Waals surface area (Å²) in [6.45, 7) is 10.3. The van der Waals surface area contributed by atoms with Crippen LogP contribution in [0.5, 0.6) is 0 Å². The van der Waals surface area contributed by atoms with E-state index in [1.807, 2.05) is 0 Å². The SMILES string of the molecule is CCN(CC)CCNC1(C#N)CCN(C)C1. The van der Waals surface area contributed by atoms with Gasteiger partial charge < -0.3 is 9.80 Å². The number of nitrogens with zero attached hydrogens (tertiary/aromatic N) is 3. The number of rotatable bonds is 6. The van der Waals surface area contributed by atoms with E-state index in [1.165, 1.54) is 0 Å². The molecular weight excluding hydrogens is 200 g/mol. The summed E-state index contributed by atoms with van der Waals surface area (Å²) < 4.78 is 0. The van der Waals surface area contributed by atoms with Gasteiger partial charge in [-0.25, -0.2) is 0 Å². The highest BCUT2D eigenvalue weighted by Crippen LogP contribution is 2.18. The zero-order valence-corrected chi connectivity index (χ0v) is 10.8. The highest BCUT2D eigenvalue weighted by Gasteiger charge is 2.36. The minimum atomic E-state index is -0.304. The maximum Gasteiger partial charge on any atom is 0.120 e. The monoisotopic (exact) mass is 224 g/mol. The topological polar surface area (TPSA) is 42.3 Å². The van der Waals surface area contributed by atoms with Crippen LogP contribution in [0.25, 0.3) is 0 Å². The lowest BCUT2D eigenvalue weighted by atomic mass is 10.0. The number of nitrogens with one attached hydrogen (secondary N) is 1. The van der Waals surface area contributed by atoms with Crippen molar-refractivity contribution in [2.24, 2.45) is 0 Å². The minimum Gasteiger partial charge on any atom is -0.303 e. The van der Waals surface area contributed by atoms with Gasteiger partial charge in [0.15, 0.2) is 0 Å². The maximum atomic E-state index is 9.26. The molecule has 1 rings (SSSR count). The van der Waals surface area contributed by atoms with E-state index in [2.05, 4.69) is 42.1 Å². The van der Waals surface area contributed by atoms with Gasteiger partial charge in [0.2, 0.25) is 0 Å². The largest absolute Gasteiger partial charge is 0.303 e. The molecule has 16 heavy (non-hydrogen) atoms. The van der Waals surface area contributed by atoms with E-state index in [1.54, 1.807) is 0 Å². The first-order chi connectivity index (χ1) is 7.65. The quantitative estimate of drug-likeness (QED) is 0.714. The highest BCUT2D eigenvalue weighted by atomic mass is 15.2. The van der Waals surface area contributed by atoms with E-state index in [-0.39, 0.29) is 5.54 Å². The normalized spacial score (nSPS) is 26.2. The summed E-state index contributed by atoms with van der Waals surface area (Å²) in [4.78, 5) is 4.59. The Morgan fingerprint density at radius 3 is 2.56 bits per heavy atom. The Morgan fingerprint density at radius 2 is 2.12 bits per heavy atom. The van der Waals surface area contributed by atoms with Gasteiger partial charge in [0.25, 0.3) is 0 Å². The molecule has 1 N–H and O–H groups in total. The smallest absolute Gasteiger partial charge is 0.120 e. The molecule has 1 heterocycles. The van der Waals surface area contributed by atoms with Crippen LogP contribution in [0.15, 0.2) is 0 Å². The molecule has 0 aromatic heterocycles. The standard InChI is InChI=1S/C12H24N4/c1-4-16(5-2)9-7-14-12(10-13)6-8-15(3)11-12/h14H,4-9,11H2,1-3H3. The molecule has 0 saturated carbocycles. The van der Waals surface area contributed by atoms with Crippen LogP contribution in [-0.4, -0.2) is 61.7 Å². The molecule has 1 fully saturated rings. The Kier molecular flexibility index (Phi) is 5.20. The second-order valence-corrected chi connectivity index (χ2v) is 4.64. The van der Waals surface area contributed by atoms with Crippen molar-refractivity contribution in [3.8, 4) is 6.07 Å². The van der Waals surface area contributed by atoms with Crippen LogP contribution in [0.2, 0.25) is 0 Å². The fourth-order valence-electron chi connectivity index (χ4n) is 2.27. The molecule has 0 aromatic carbocycles. The Hall–Kier alpha value is -0.630. The van der Waals surface area contributed by atoms with E-state index >= 15 is 0 Å². The number of nitriles is 1. The Labute approximate surface area is 99.2 Å². The van der Waals surface area contributed by atoms with Crippen molar-refractivity contribution in [2.75, 3.05) is 46.3 Å². The Balaban J connectivity index is 2.33. The van der Waals surface area contributed by atoms with Crippen molar-refractivity contribution in [3.63, 3.8) is 0 Å². The summed E-state index contributed by atoms with van der Waals surface area (Å²) in [5.41, 5.74) is -0.304. The Bertz CT molecular complexity index is 244. The fraction of sp³-hybridized carbons (Fsp3) is 0.917. The molecule has 1 saturated heterocycles. The van der Waals surface area contributed by atoms with Crippen molar-refractivity contribution < 1.29 is 0 Å². The van der Waals surface area contributed by atoms with Gasteiger partial charge in [-0.05, 0) is 26.6 Å². The maximum absolute atomic E-state index is 9.26. The van der Waals surface area contributed by atoms with Gasteiger partial charge in [0.1, 0.15) is 5.54 Å². The minimum absolute atomic E-state index is 0.304. The molecule has 1 atom stereocenters. The predicted octanol–water partition coefficient (Wildman–Crippen LogP) is 0.516. The van der Waals surface area contributed by atoms with Crippen LogP contribution in [0.3, 0.4) is 0 Å². The van der Waals surface area contributed by atoms with Crippen molar-refractivity contribution in [2.45, 2.75) is 25.8 Å². The van der Waals surface area contributed by atoms with E-state index in [4.69, 9.17) is 0 Å². The first-order valence-electron chi connectivity index (χ1n) is 6.23. The summed E-state index contributed by atoms with van der Waals surface area (Å²) >= 11 is 0. The van der Waals surface area contributed by atoms with Gasteiger partial charge in [-0.3, -0.25) is 5.32 Å². The molecule has 0 aromatic rings. The highest BCUT2D eigenvalue weighted by molar-refractivity contribution is 5.12. The fourth-order valence-corrected chi connectivity index (χ4v) is 2.27. The van der Waals surface area contributed by atoms with Crippen molar-refractivity contribution >= 4 is 0 Å². The molecule has 1 unspecified atom stereocenters. The Morgan fingerprint density at radius 1 is 1.44 bits per heavy atom. The summed E-state index contributed by atoms with van der Waals surface area (Å²) in [5.74, 6) is 0. The van der Waals surface area contributed by atoms with Gasteiger partial charge in [-0.15, -0.1) is 0 Å². The molecular formula is C12H24N4. The zero-order valence-electron chi connectivity index (χ0n) is 10.8. The van der Waals surface area contributed by atoms with Gasteiger partial charge in [0, 0.05) is 26.2 Å². The predicted molar refractivity (Wildman–Crippen MR) is 66.2 cm³/mol. The summed E-state index contributed by atoms with van der Waals surface area (Å²) in [6.07, 6.45) is 0.943. The van der Waals surface area contributed by atoms with Crippen LogP contribution < -0.4 is 5.32 Å². The van der Waals surface area contributed by atoms with Gasteiger partial charge in [0.05, 0.1) is 6.07 Å². The second kappa shape index (κ2) is 6.19. The molecule has 92 valence electrons. The van der Waals surface area contributed by atoms with Crippen molar-refractivity contribution in [1.29, 1.82) is 5.26 Å². The summed E-state index contributed by atoms with van der Waals surface area (Å²) in [7, 11) is 2.07. The lowest BCUT2D eigenvalue weighted by molar-refractivity contribution is 0.284. The molecule has 1 aliphatic heterocycles. The molecule has 4 heteroatoms. The third kappa shape index (κ3) is 3.44. The second-order valence-electron chi connectivity index (χ2n) is 4.64. The first kappa shape index (κ1) is 13.4. The molecule has 0 radical (unpaired) electrons. The van der Waals surface area contributed by atoms with Crippen LogP contribution >= 0.6 is 0 Å². The lowest BCUT2D eigenvalue weighted by Crippen LogP contribution is -2.48. The number of likely N-dealkylation sites (tertiary alicyclic amines) is 1. The lowest BCUT2D eigenvalue weighted by Gasteiger charge is -2.25. The summed E-state index contributed by atoms with van der Waals surface area (Å²) in [6, 6.07) is 2.45. The van der Waals surface area contributed by atoms with E-state index in [9.17, 15) is 5.26 Å². The van der Waals surface area contributed by atoms with Crippen LogP contribution in [0.4, 0.5) is 0 Å². The van der Waals surface area contributed by atoms with Crippen LogP contribution in [0.1, 0.15) is 20.3 Å². The zero-order chi connectivity index (χ0) is 12.0. The summed E-state index contributed by atoms with van der Waals surface area (Å²) in [5, 5.41) is 12.7. The first-order valence-corrected chi connectivity index (χ1v) is 6.23. The van der Waals surface area contributed by atoms with E-state index < -0.39 is 0 Å². The molecule has 0 amide bonds. The molecule has 1 aliphatic rings. The van der Waals surface area contributed by atoms with Crippen LogP contribution in [-0.2, 0) is 0 Å². The number of likely N-dealkylation sites (N-methyl/N-ethyl adjacent to an activating group) is 2.